The van der Waals surface area contributed by atoms with Gasteiger partial charge in [0.1, 0.15) is 11.6 Å². The van der Waals surface area contributed by atoms with Crippen LogP contribution in [0.5, 0.6) is 5.75 Å². The standard InChI is InChI=1S/C13H9BFNO6/c15-10-1-3-12(4-2-10)22-13(17)8-5-9(14(18)19)7-11(6-8)16(20)21/h1-7,18-19H. The highest BCUT2D eigenvalue weighted by Gasteiger charge is 2.21. The Kier molecular flexibility index (Phi) is 4.49. The Hall–Kier alpha value is -2.78. The van der Waals surface area contributed by atoms with Gasteiger partial charge in [-0.2, -0.15) is 0 Å². The van der Waals surface area contributed by atoms with E-state index < -0.39 is 29.5 Å². The van der Waals surface area contributed by atoms with Crippen molar-refractivity contribution in [1.82, 2.24) is 0 Å². The average Bonchev–Trinajstić information content (AvgIpc) is 2.49. The van der Waals surface area contributed by atoms with Gasteiger partial charge in [0.15, 0.2) is 0 Å². The van der Waals surface area contributed by atoms with Gasteiger partial charge >= 0.3 is 13.1 Å². The molecule has 2 rings (SSSR count). The Balaban J connectivity index is 2.32. The molecule has 112 valence electrons. The molecule has 0 unspecified atom stereocenters. The van der Waals surface area contributed by atoms with E-state index in [1.165, 1.54) is 12.1 Å². The van der Waals surface area contributed by atoms with Gasteiger partial charge in [0.25, 0.3) is 5.69 Å². The normalized spacial score (nSPS) is 10.1. The topological polar surface area (TPSA) is 110 Å². The van der Waals surface area contributed by atoms with Crippen LogP contribution in [0, 0.1) is 15.9 Å². The fraction of sp³-hybridized carbons (Fsp3) is 0. The van der Waals surface area contributed by atoms with Gasteiger partial charge in [-0.15, -0.1) is 0 Å². The Morgan fingerprint density at radius 1 is 1.18 bits per heavy atom. The van der Waals surface area contributed by atoms with Gasteiger partial charge in [-0.05, 0) is 35.8 Å². The number of hydrogen-bond acceptors (Lipinski definition) is 6. The van der Waals surface area contributed by atoms with E-state index in [1.54, 1.807) is 0 Å². The van der Waals surface area contributed by atoms with Crippen LogP contribution in [0.3, 0.4) is 0 Å². The van der Waals surface area contributed by atoms with Crippen molar-refractivity contribution in [2.75, 3.05) is 0 Å². The molecule has 9 heteroatoms. The molecule has 2 N–H and O–H groups in total. The zero-order chi connectivity index (χ0) is 16.3. The first kappa shape index (κ1) is 15.6. The first-order valence-corrected chi connectivity index (χ1v) is 6.00. The Bertz CT molecular complexity index is 719. The molecular formula is C13H9BFNO6. The van der Waals surface area contributed by atoms with Crippen molar-refractivity contribution in [3.05, 3.63) is 64.0 Å². The first-order chi connectivity index (χ1) is 10.4. The van der Waals surface area contributed by atoms with Gasteiger partial charge in [0, 0.05) is 12.1 Å². The van der Waals surface area contributed by atoms with Gasteiger partial charge in [0.2, 0.25) is 0 Å². The predicted molar refractivity (Wildman–Crippen MR) is 74.3 cm³/mol. The molecule has 0 radical (unpaired) electrons. The third kappa shape index (κ3) is 3.65. The van der Waals surface area contributed by atoms with E-state index in [0.717, 1.165) is 30.3 Å². The Morgan fingerprint density at radius 3 is 2.36 bits per heavy atom. The molecule has 0 amide bonds. The first-order valence-electron chi connectivity index (χ1n) is 6.00. The van der Waals surface area contributed by atoms with Crippen LogP contribution in [0.4, 0.5) is 10.1 Å². The summed E-state index contributed by atoms with van der Waals surface area (Å²) in [6.07, 6.45) is 0. The monoisotopic (exact) mass is 305 g/mol. The number of carbonyl (C=O) groups is 1. The highest BCUT2D eigenvalue weighted by atomic mass is 19.1. The third-order valence-electron chi connectivity index (χ3n) is 2.71. The number of nitro groups is 1. The largest absolute Gasteiger partial charge is 0.488 e. The van der Waals surface area contributed by atoms with Crippen molar-refractivity contribution in [2.45, 2.75) is 0 Å². The number of nitro benzene ring substituents is 1. The van der Waals surface area contributed by atoms with E-state index in [9.17, 15) is 19.3 Å². The molecule has 7 nitrogen and oxygen atoms in total. The fourth-order valence-corrected chi connectivity index (χ4v) is 1.68. The number of hydrogen-bond donors (Lipinski definition) is 2. The van der Waals surface area contributed by atoms with Gasteiger partial charge in [-0.25, -0.2) is 9.18 Å². The molecule has 0 aliphatic carbocycles. The molecule has 0 saturated carbocycles. The van der Waals surface area contributed by atoms with E-state index in [4.69, 9.17) is 14.8 Å². The lowest BCUT2D eigenvalue weighted by molar-refractivity contribution is -0.384. The summed E-state index contributed by atoms with van der Waals surface area (Å²) in [5.74, 6) is -1.41. The van der Waals surface area contributed by atoms with Crippen LogP contribution in [-0.2, 0) is 0 Å². The second-order valence-electron chi connectivity index (χ2n) is 4.29. The van der Waals surface area contributed by atoms with Crippen molar-refractivity contribution in [2.24, 2.45) is 0 Å². The molecule has 0 aliphatic heterocycles. The number of non-ortho nitro benzene ring substituents is 1. The molecule has 0 aliphatic rings. The Labute approximate surface area is 123 Å². The minimum Gasteiger partial charge on any atom is -0.423 e. The molecule has 0 fully saturated rings. The minimum atomic E-state index is -1.97. The number of esters is 1. The lowest BCUT2D eigenvalue weighted by Crippen LogP contribution is -2.31. The summed E-state index contributed by atoms with van der Waals surface area (Å²) in [5.41, 5.74) is -0.946. The molecular weight excluding hydrogens is 296 g/mol. The number of benzene rings is 2. The molecule has 0 spiro atoms. The SMILES string of the molecule is O=C(Oc1ccc(F)cc1)c1cc(B(O)O)cc([N+](=O)[O-])c1. The number of ether oxygens (including phenoxy) is 1. The predicted octanol–water partition coefficient (Wildman–Crippen LogP) is 0.633. The molecule has 0 heterocycles. The van der Waals surface area contributed by atoms with E-state index in [1.807, 2.05) is 0 Å². The zero-order valence-corrected chi connectivity index (χ0v) is 11.0. The highest BCUT2D eigenvalue weighted by molar-refractivity contribution is 6.58. The zero-order valence-electron chi connectivity index (χ0n) is 11.0. The maximum Gasteiger partial charge on any atom is 0.488 e. The van der Waals surface area contributed by atoms with Gasteiger partial charge in [-0.3, -0.25) is 10.1 Å². The quantitative estimate of drug-likeness (QED) is 0.282. The van der Waals surface area contributed by atoms with Gasteiger partial charge in [-0.1, -0.05) is 0 Å². The summed E-state index contributed by atoms with van der Waals surface area (Å²) in [6, 6.07) is 7.53. The summed E-state index contributed by atoms with van der Waals surface area (Å²) in [6.45, 7) is 0. The van der Waals surface area contributed by atoms with Crippen molar-refractivity contribution in [3.8, 4) is 5.75 Å². The van der Waals surface area contributed by atoms with E-state index in [-0.39, 0.29) is 16.8 Å². The van der Waals surface area contributed by atoms with E-state index in [0.29, 0.717) is 0 Å². The number of carbonyl (C=O) groups excluding carboxylic acids is 1. The average molecular weight is 305 g/mol. The van der Waals surface area contributed by atoms with Crippen LogP contribution in [0.25, 0.3) is 0 Å². The molecule has 0 bridgehead atoms. The maximum atomic E-state index is 12.8. The molecule has 22 heavy (non-hydrogen) atoms. The van der Waals surface area contributed by atoms with Crippen molar-refractivity contribution < 1.29 is 28.9 Å². The van der Waals surface area contributed by atoms with Crippen LogP contribution >= 0.6 is 0 Å². The highest BCUT2D eigenvalue weighted by Crippen LogP contribution is 2.16. The van der Waals surface area contributed by atoms with Gasteiger partial charge < -0.3 is 14.8 Å². The van der Waals surface area contributed by atoms with Crippen molar-refractivity contribution >= 4 is 24.2 Å². The smallest absolute Gasteiger partial charge is 0.423 e. The molecule has 2 aromatic rings. The second kappa shape index (κ2) is 6.33. The minimum absolute atomic E-state index is 0.0454. The van der Waals surface area contributed by atoms with Crippen LogP contribution in [0.1, 0.15) is 10.4 Å². The van der Waals surface area contributed by atoms with E-state index >= 15 is 0 Å². The summed E-state index contributed by atoms with van der Waals surface area (Å²) >= 11 is 0. The second-order valence-corrected chi connectivity index (χ2v) is 4.29. The Morgan fingerprint density at radius 2 is 1.82 bits per heavy atom. The van der Waals surface area contributed by atoms with Crippen LogP contribution < -0.4 is 10.2 Å². The van der Waals surface area contributed by atoms with Crippen LogP contribution in [-0.4, -0.2) is 28.1 Å². The number of rotatable bonds is 4. The summed E-state index contributed by atoms with van der Waals surface area (Å²) in [5, 5.41) is 29.0. The van der Waals surface area contributed by atoms with Crippen molar-refractivity contribution in [1.29, 1.82) is 0 Å². The van der Waals surface area contributed by atoms with Crippen molar-refractivity contribution in [3.63, 3.8) is 0 Å². The summed E-state index contributed by atoms with van der Waals surface area (Å²) < 4.78 is 17.7. The number of halogens is 1. The third-order valence-corrected chi connectivity index (χ3v) is 2.71. The summed E-state index contributed by atoms with van der Waals surface area (Å²) in [7, 11) is -1.97. The lowest BCUT2D eigenvalue weighted by Gasteiger charge is -2.06. The molecule has 2 aromatic carbocycles. The lowest BCUT2D eigenvalue weighted by atomic mass is 9.79. The molecule has 0 atom stereocenters. The maximum absolute atomic E-state index is 12.8. The number of nitrogens with zero attached hydrogens (tertiary/aromatic N) is 1. The van der Waals surface area contributed by atoms with Crippen LogP contribution in [0.2, 0.25) is 0 Å². The van der Waals surface area contributed by atoms with Crippen LogP contribution in [0.15, 0.2) is 42.5 Å². The van der Waals surface area contributed by atoms with E-state index in [2.05, 4.69) is 0 Å². The van der Waals surface area contributed by atoms with Gasteiger partial charge in [0.05, 0.1) is 10.5 Å². The molecule has 0 saturated heterocycles. The summed E-state index contributed by atoms with van der Waals surface area (Å²) in [4.78, 5) is 22.0. The molecule has 0 aromatic heterocycles. The fourth-order valence-electron chi connectivity index (χ4n) is 1.68.